The third kappa shape index (κ3) is 1.91. The molecular weight excluding hydrogens is 178 g/mol. The minimum Gasteiger partial charge on any atom is -0.465 e. The Hall–Kier alpha value is -0.990. The van der Waals surface area contributed by atoms with E-state index in [1.807, 2.05) is 6.08 Å². The lowest BCUT2D eigenvalue weighted by Gasteiger charge is -2.36. The summed E-state index contributed by atoms with van der Waals surface area (Å²) in [5.74, 6) is 0.297. The molecule has 0 radical (unpaired) electrons. The highest BCUT2D eigenvalue weighted by molar-refractivity contribution is 5.66. The first-order valence-corrected chi connectivity index (χ1v) is 5.00. The van der Waals surface area contributed by atoms with Gasteiger partial charge in [-0.05, 0) is 17.8 Å². The predicted molar refractivity (Wildman–Crippen MR) is 56.3 cm³/mol. The third-order valence-electron chi connectivity index (χ3n) is 2.88. The van der Waals surface area contributed by atoms with Crippen molar-refractivity contribution in [2.75, 3.05) is 6.54 Å². The number of hydrogen-bond acceptors (Lipinski definition) is 1. The van der Waals surface area contributed by atoms with Gasteiger partial charge >= 0.3 is 6.09 Å². The van der Waals surface area contributed by atoms with Crippen LogP contribution in [0.2, 0.25) is 0 Å². The summed E-state index contributed by atoms with van der Waals surface area (Å²) in [6, 6.07) is 0.0671. The van der Waals surface area contributed by atoms with Crippen LogP contribution in [-0.2, 0) is 0 Å². The first-order valence-electron chi connectivity index (χ1n) is 5.00. The quantitative estimate of drug-likeness (QED) is 0.656. The molecule has 14 heavy (non-hydrogen) atoms. The van der Waals surface area contributed by atoms with Crippen LogP contribution in [0.1, 0.15) is 27.2 Å². The maximum Gasteiger partial charge on any atom is 0.407 e. The van der Waals surface area contributed by atoms with Gasteiger partial charge in [0.05, 0.1) is 0 Å². The Labute approximate surface area is 85.4 Å². The zero-order chi connectivity index (χ0) is 10.9. The summed E-state index contributed by atoms with van der Waals surface area (Å²) in [5, 5.41) is 9.05. The van der Waals surface area contributed by atoms with Crippen LogP contribution in [-0.4, -0.2) is 28.7 Å². The van der Waals surface area contributed by atoms with Crippen molar-refractivity contribution in [2.24, 2.45) is 11.3 Å². The lowest BCUT2D eigenvalue weighted by Crippen LogP contribution is -2.45. The summed E-state index contributed by atoms with van der Waals surface area (Å²) in [4.78, 5) is 12.6. The smallest absolute Gasteiger partial charge is 0.407 e. The molecule has 1 heterocycles. The zero-order valence-corrected chi connectivity index (χ0v) is 9.16. The summed E-state index contributed by atoms with van der Waals surface area (Å²) in [5.41, 5.74) is -0.0201. The fourth-order valence-electron chi connectivity index (χ4n) is 2.39. The van der Waals surface area contributed by atoms with Crippen LogP contribution in [0.25, 0.3) is 0 Å². The first-order chi connectivity index (χ1) is 6.38. The second kappa shape index (κ2) is 3.64. The maximum atomic E-state index is 11.0. The van der Waals surface area contributed by atoms with Crippen molar-refractivity contribution >= 4 is 6.09 Å². The van der Waals surface area contributed by atoms with Gasteiger partial charge < -0.3 is 10.0 Å². The molecule has 1 unspecified atom stereocenters. The number of likely N-dealkylation sites (tertiary alicyclic amines) is 1. The van der Waals surface area contributed by atoms with Crippen LogP contribution >= 0.6 is 0 Å². The van der Waals surface area contributed by atoms with E-state index in [0.717, 1.165) is 6.42 Å². The van der Waals surface area contributed by atoms with E-state index in [2.05, 4.69) is 27.4 Å². The topological polar surface area (TPSA) is 40.5 Å². The molecule has 1 aliphatic rings. The van der Waals surface area contributed by atoms with Gasteiger partial charge in [0.1, 0.15) is 0 Å². The number of carboxylic acid groups (broad SMARTS) is 1. The molecule has 0 saturated carbocycles. The van der Waals surface area contributed by atoms with Crippen molar-refractivity contribution in [3.63, 3.8) is 0 Å². The molecule has 0 aliphatic carbocycles. The van der Waals surface area contributed by atoms with Gasteiger partial charge in [0.25, 0.3) is 0 Å². The highest BCUT2D eigenvalue weighted by Crippen LogP contribution is 2.37. The number of nitrogens with zero attached hydrogens (tertiary/aromatic N) is 1. The van der Waals surface area contributed by atoms with E-state index in [-0.39, 0.29) is 11.5 Å². The van der Waals surface area contributed by atoms with Gasteiger partial charge in [-0.15, -0.1) is 6.58 Å². The van der Waals surface area contributed by atoms with Crippen molar-refractivity contribution in [3.8, 4) is 0 Å². The molecule has 0 aromatic carbocycles. The van der Waals surface area contributed by atoms with Crippen molar-refractivity contribution < 1.29 is 9.90 Å². The molecule has 1 aliphatic heterocycles. The molecule has 80 valence electrons. The SMILES string of the molecule is C=CC1CCN(C(=O)O)[C@H]1C(C)(C)C. The summed E-state index contributed by atoms with van der Waals surface area (Å²) < 4.78 is 0. The molecular formula is C11H19NO2. The van der Waals surface area contributed by atoms with Crippen LogP contribution in [0.15, 0.2) is 12.7 Å². The molecule has 0 aromatic heterocycles. The lowest BCUT2D eigenvalue weighted by molar-refractivity contribution is 0.0978. The molecule has 1 rings (SSSR count). The second-order valence-electron chi connectivity index (χ2n) is 4.98. The Morgan fingerprint density at radius 2 is 2.14 bits per heavy atom. The molecule has 2 atom stereocenters. The van der Waals surface area contributed by atoms with Crippen LogP contribution in [0, 0.1) is 11.3 Å². The van der Waals surface area contributed by atoms with Crippen LogP contribution in [0.3, 0.4) is 0 Å². The van der Waals surface area contributed by atoms with E-state index in [4.69, 9.17) is 5.11 Å². The van der Waals surface area contributed by atoms with Gasteiger partial charge in [-0.2, -0.15) is 0 Å². The van der Waals surface area contributed by atoms with Gasteiger partial charge in [-0.25, -0.2) is 4.79 Å². The predicted octanol–water partition coefficient (Wildman–Crippen LogP) is 2.59. The van der Waals surface area contributed by atoms with E-state index >= 15 is 0 Å². The van der Waals surface area contributed by atoms with E-state index in [9.17, 15) is 4.79 Å². The average Bonchev–Trinajstić information content (AvgIpc) is 2.45. The van der Waals surface area contributed by atoms with E-state index in [1.54, 1.807) is 4.90 Å². The van der Waals surface area contributed by atoms with Crippen LogP contribution in [0.5, 0.6) is 0 Å². The Kier molecular flexibility index (Phi) is 2.88. The van der Waals surface area contributed by atoms with Gasteiger partial charge in [-0.1, -0.05) is 26.8 Å². The van der Waals surface area contributed by atoms with E-state index in [0.29, 0.717) is 12.5 Å². The molecule has 1 N–H and O–H groups in total. The standard InChI is InChI=1S/C11H19NO2/c1-5-8-6-7-12(10(13)14)9(8)11(2,3)4/h5,8-9H,1,6-7H2,2-4H3,(H,13,14)/t8?,9-/m1/s1. The molecule has 0 aromatic rings. The van der Waals surface area contributed by atoms with E-state index < -0.39 is 6.09 Å². The second-order valence-corrected chi connectivity index (χ2v) is 4.98. The lowest BCUT2D eigenvalue weighted by atomic mass is 9.79. The zero-order valence-electron chi connectivity index (χ0n) is 9.16. The normalized spacial score (nSPS) is 27.8. The maximum absolute atomic E-state index is 11.0. The third-order valence-corrected chi connectivity index (χ3v) is 2.88. The number of hydrogen-bond donors (Lipinski definition) is 1. The number of rotatable bonds is 1. The van der Waals surface area contributed by atoms with Crippen molar-refractivity contribution in [1.29, 1.82) is 0 Å². The molecule has 0 bridgehead atoms. The molecule has 1 saturated heterocycles. The minimum absolute atomic E-state index is 0.0201. The first kappa shape index (κ1) is 11.1. The highest BCUT2D eigenvalue weighted by atomic mass is 16.4. The van der Waals surface area contributed by atoms with Gasteiger partial charge in [0.15, 0.2) is 0 Å². The Bertz CT molecular complexity index is 242. The van der Waals surface area contributed by atoms with E-state index in [1.165, 1.54) is 0 Å². The number of carbonyl (C=O) groups is 1. The molecule has 1 fully saturated rings. The summed E-state index contributed by atoms with van der Waals surface area (Å²) in [6.07, 6.45) is 1.98. The van der Waals surface area contributed by atoms with Crippen LogP contribution in [0.4, 0.5) is 4.79 Å². The summed E-state index contributed by atoms with van der Waals surface area (Å²) in [6.45, 7) is 10.6. The molecule has 0 spiro atoms. The van der Waals surface area contributed by atoms with Gasteiger partial charge in [0.2, 0.25) is 0 Å². The largest absolute Gasteiger partial charge is 0.465 e. The van der Waals surface area contributed by atoms with Crippen molar-refractivity contribution in [2.45, 2.75) is 33.2 Å². The van der Waals surface area contributed by atoms with Crippen molar-refractivity contribution in [1.82, 2.24) is 4.90 Å². The van der Waals surface area contributed by atoms with Gasteiger partial charge in [-0.3, -0.25) is 0 Å². The minimum atomic E-state index is -0.811. The van der Waals surface area contributed by atoms with Gasteiger partial charge in [0, 0.05) is 12.6 Å². The van der Waals surface area contributed by atoms with Crippen molar-refractivity contribution in [3.05, 3.63) is 12.7 Å². The molecule has 3 heteroatoms. The average molecular weight is 197 g/mol. The highest BCUT2D eigenvalue weighted by Gasteiger charge is 2.42. The monoisotopic (exact) mass is 197 g/mol. The Morgan fingerprint density at radius 1 is 1.57 bits per heavy atom. The molecule has 3 nitrogen and oxygen atoms in total. The fourth-order valence-corrected chi connectivity index (χ4v) is 2.39. The Balaban J connectivity index is 2.91. The fraction of sp³-hybridized carbons (Fsp3) is 0.727. The Morgan fingerprint density at radius 3 is 2.50 bits per heavy atom. The summed E-state index contributed by atoms with van der Waals surface area (Å²) >= 11 is 0. The van der Waals surface area contributed by atoms with Crippen LogP contribution < -0.4 is 0 Å². The summed E-state index contributed by atoms with van der Waals surface area (Å²) in [7, 11) is 0. The molecule has 1 amide bonds. The number of amides is 1.